The van der Waals surface area contributed by atoms with Crippen molar-refractivity contribution < 1.29 is 28.9 Å². The summed E-state index contributed by atoms with van der Waals surface area (Å²) in [5.74, 6) is -1.97. The average molecular weight is 529 g/mol. The largest absolute Gasteiger partial charge is 0.477 e. The number of nitrogen functional groups attached to an aromatic ring is 1. The Labute approximate surface area is 213 Å². The van der Waals surface area contributed by atoms with Gasteiger partial charge in [0.25, 0.3) is 11.8 Å². The van der Waals surface area contributed by atoms with Crippen LogP contribution in [0.5, 0.6) is 0 Å². The van der Waals surface area contributed by atoms with Gasteiger partial charge in [-0.25, -0.2) is 9.78 Å². The lowest BCUT2D eigenvalue weighted by Gasteiger charge is -2.49. The summed E-state index contributed by atoms with van der Waals surface area (Å²) in [6.45, 7) is 2.29. The number of carboxylic acid groups (broad SMARTS) is 1. The molecule has 2 amide bonds. The lowest BCUT2D eigenvalue weighted by molar-refractivity contribution is -0.694. The van der Waals surface area contributed by atoms with Gasteiger partial charge in [0.2, 0.25) is 5.69 Å². The second-order valence-electron chi connectivity index (χ2n) is 8.12. The van der Waals surface area contributed by atoms with Crippen molar-refractivity contribution in [2.45, 2.75) is 24.9 Å². The number of rotatable bonds is 7. The number of carbonyl (C=O) groups excluding carboxylic acids is 2. The second kappa shape index (κ2) is 9.28. The van der Waals surface area contributed by atoms with E-state index in [9.17, 15) is 19.5 Å². The van der Waals surface area contributed by atoms with Gasteiger partial charge in [0.05, 0.1) is 6.20 Å². The highest BCUT2D eigenvalue weighted by Crippen LogP contribution is 2.40. The minimum Gasteiger partial charge on any atom is -0.477 e. The van der Waals surface area contributed by atoms with Crippen molar-refractivity contribution in [2.24, 2.45) is 5.16 Å². The Morgan fingerprint density at radius 2 is 2.22 bits per heavy atom. The van der Waals surface area contributed by atoms with Crippen LogP contribution in [-0.4, -0.2) is 67.2 Å². The van der Waals surface area contributed by atoms with Crippen LogP contribution in [0.4, 0.5) is 5.13 Å². The fourth-order valence-electron chi connectivity index (χ4n) is 4.33. The summed E-state index contributed by atoms with van der Waals surface area (Å²) >= 11 is 2.53. The van der Waals surface area contributed by atoms with Gasteiger partial charge in [-0.1, -0.05) is 5.16 Å². The number of hydrogen-bond acceptors (Lipinski definition) is 9. The molecule has 2 aliphatic heterocycles. The molecule has 3 aromatic heterocycles. The SMILES string of the molecule is CON=C(C(=O)N[C@@H]1C(=O)N2C(C(=O)O)=C(C[n+]3ccn4cccc4c3C)CS[C@@H]12)c1csc(N)n1. The third-order valence-corrected chi connectivity index (χ3v) is 8.06. The molecule has 14 heteroatoms. The summed E-state index contributed by atoms with van der Waals surface area (Å²) in [4.78, 5) is 48.3. The Morgan fingerprint density at radius 1 is 1.42 bits per heavy atom. The van der Waals surface area contributed by atoms with Crippen LogP contribution in [-0.2, 0) is 25.8 Å². The summed E-state index contributed by atoms with van der Waals surface area (Å²) in [6.07, 6.45) is 5.72. The first kappa shape index (κ1) is 23.8. The van der Waals surface area contributed by atoms with Gasteiger partial charge in [-0.15, -0.1) is 23.1 Å². The minimum absolute atomic E-state index is 0.0468. The molecule has 0 spiro atoms. The number of thioether (sulfide) groups is 1. The predicted molar refractivity (Wildman–Crippen MR) is 132 cm³/mol. The zero-order valence-corrected chi connectivity index (χ0v) is 20.9. The molecule has 0 bridgehead atoms. The number of carbonyl (C=O) groups is 3. The number of aliphatic carboxylic acids is 1. The lowest BCUT2D eigenvalue weighted by atomic mass is 10.0. The molecular weight excluding hydrogens is 506 g/mol. The van der Waals surface area contributed by atoms with Crippen LogP contribution in [0, 0.1) is 6.92 Å². The number of hydrogen-bond donors (Lipinski definition) is 3. The van der Waals surface area contributed by atoms with Gasteiger partial charge in [0, 0.05) is 29.8 Å². The number of β-lactam (4-membered cyclic amide) rings is 1. The molecule has 12 nitrogen and oxygen atoms in total. The van der Waals surface area contributed by atoms with Crippen LogP contribution in [0.15, 0.2) is 52.5 Å². The van der Waals surface area contributed by atoms with Crippen LogP contribution in [0.3, 0.4) is 0 Å². The monoisotopic (exact) mass is 528 g/mol. The highest BCUT2D eigenvalue weighted by Gasteiger charge is 2.54. The van der Waals surface area contributed by atoms with Crippen molar-refractivity contribution in [2.75, 3.05) is 18.6 Å². The quantitative estimate of drug-likeness (QED) is 0.172. The van der Waals surface area contributed by atoms with Gasteiger partial charge in [0.1, 0.15) is 35.4 Å². The third kappa shape index (κ3) is 3.97. The smallest absolute Gasteiger partial charge is 0.352 e. The molecule has 186 valence electrons. The van der Waals surface area contributed by atoms with Gasteiger partial charge in [-0.3, -0.25) is 14.5 Å². The number of nitrogens with two attached hydrogens (primary N) is 1. The zero-order chi connectivity index (χ0) is 25.6. The number of anilines is 1. The van der Waals surface area contributed by atoms with Crippen molar-refractivity contribution in [1.29, 1.82) is 0 Å². The van der Waals surface area contributed by atoms with Crippen molar-refractivity contribution in [1.82, 2.24) is 19.6 Å². The lowest BCUT2D eigenvalue weighted by Crippen LogP contribution is -2.71. The van der Waals surface area contributed by atoms with Gasteiger partial charge in [-0.2, -0.15) is 4.57 Å². The summed E-state index contributed by atoms with van der Waals surface area (Å²) in [7, 11) is 1.29. The van der Waals surface area contributed by atoms with Crippen molar-refractivity contribution in [3.63, 3.8) is 0 Å². The topological polar surface area (TPSA) is 156 Å². The highest BCUT2D eigenvalue weighted by molar-refractivity contribution is 8.00. The van der Waals surface area contributed by atoms with E-state index in [-0.39, 0.29) is 22.2 Å². The van der Waals surface area contributed by atoms with Gasteiger partial charge < -0.3 is 25.4 Å². The summed E-state index contributed by atoms with van der Waals surface area (Å²) in [5, 5.41) is 17.6. The molecule has 1 saturated heterocycles. The van der Waals surface area contributed by atoms with Gasteiger partial charge >= 0.3 is 5.97 Å². The first-order valence-electron chi connectivity index (χ1n) is 10.8. The molecule has 0 saturated carbocycles. The number of amides is 2. The fraction of sp³-hybridized carbons (Fsp3) is 0.273. The molecular formula is C22H22N7O5S2+. The molecule has 0 radical (unpaired) electrons. The highest BCUT2D eigenvalue weighted by atomic mass is 32.2. The number of fused-ring (bicyclic) bond motifs is 2. The van der Waals surface area contributed by atoms with E-state index in [1.165, 1.54) is 23.8 Å². The fourth-order valence-corrected chi connectivity index (χ4v) is 6.21. The first-order valence-corrected chi connectivity index (χ1v) is 12.7. The molecule has 4 N–H and O–H groups in total. The average Bonchev–Trinajstić information content (AvgIpc) is 3.51. The molecule has 0 aliphatic carbocycles. The third-order valence-electron chi connectivity index (χ3n) is 6.05. The van der Waals surface area contributed by atoms with Crippen LogP contribution >= 0.6 is 23.1 Å². The maximum atomic E-state index is 13.1. The van der Waals surface area contributed by atoms with Gasteiger partial charge in [-0.05, 0) is 12.1 Å². The maximum absolute atomic E-state index is 13.1. The maximum Gasteiger partial charge on any atom is 0.352 e. The van der Waals surface area contributed by atoms with E-state index >= 15 is 0 Å². The van der Waals surface area contributed by atoms with E-state index in [0.717, 1.165) is 22.5 Å². The Kier molecular flexibility index (Phi) is 6.14. The molecule has 2 aliphatic rings. The van der Waals surface area contributed by atoms with Crippen LogP contribution in [0.25, 0.3) is 5.52 Å². The number of thiazole rings is 1. The standard InChI is InChI=1S/C22H21N7O5S2/c1-11-14-4-3-5-27(14)6-7-28(11)8-12-9-35-20-16(19(31)29(20)17(12)21(32)33)25-18(30)15(26-34-2)13-10-36-22(23)24-13/h3-7,10,16,20H,8-9H2,1-2H3,(H3-,23,24,25,30,32,33)/p+1/t16-,20+/m1/s1. The molecule has 2 atom stereocenters. The summed E-state index contributed by atoms with van der Waals surface area (Å²) in [5.41, 5.74) is 8.30. The van der Waals surface area contributed by atoms with Crippen molar-refractivity contribution in [3.8, 4) is 0 Å². The number of oxime groups is 1. The number of aryl methyl sites for hydroxylation is 1. The number of nitrogens with zero attached hydrogens (tertiary/aromatic N) is 5. The van der Waals surface area contributed by atoms with Crippen molar-refractivity contribution in [3.05, 3.63) is 58.8 Å². The van der Waals surface area contributed by atoms with E-state index in [1.54, 1.807) is 5.38 Å². The molecule has 36 heavy (non-hydrogen) atoms. The van der Waals surface area contributed by atoms with Crippen molar-refractivity contribution >= 4 is 57.2 Å². The van der Waals surface area contributed by atoms with E-state index in [0.29, 0.717) is 17.9 Å². The summed E-state index contributed by atoms with van der Waals surface area (Å²) in [6, 6.07) is 3.01. The normalized spacial score (nSPS) is 19.8. The van der Waals surface area contributed by atoms with E-state index < -0.39 is 29.2 Å². The Balaban J connectivity index is 1.38. The Morgan fingerprint density at radius 3 is 2.92 bits per heavy atom. The van der Waals surface area contributed by atoms with E-state index in [2.05, 4.69) is 15.5 Å². The number of carboxylic acids is 1. The molecule has 3 aromatic rings. The molecule has 0 aromatic carbocycles. The van der Waals surface area contributed by atoms with Crippen LogP contribution in [0.2, 0.25) is 0 Å². The number of aromatic nitrogens is 3. The Bertz CT molecular complexity index is 1460. The predicted octanol–water partition coefficient (Wildman–Crippen LogP) is 0.363. The summed E-state index contributed by atoms with van der Waals surface area (Å²) < 4.78 is 3.95. The minimum atomic E-state index is -1.19. The molecule has 1 fully saturated rings. The molecule has 5 rings (SSSR count). The van der Waals surface area contributed by atoms with E-state index in [4.69, 9.17) is 10.6 Å². The molecule has 0 unspecified atom stereocenters. The second-order valence-corrected chi connectivity index (χ2v) is 10.1. The van der Waals surface area contributed by atoms with Gasteiger partial charge in [0.15, 0.2) is 23.6 Å². The zero-order valence-electron chi connectivity index (χ0n) is 19.2. The van der Waals surface area contributed by atoms with Crippen LogP contribution in [0.1, 0.15) is 11.4 Å². The van der Waals surface area contributed by atoms with E-state index in [1.807, 2.05) is 46.6 Å². The van der Waals surface area contributed by atoms with Crippen LogP contribution < -0.4 is 15.6 Å². The Hall–Kier alpha value is -3.91. The first-order chi connectivity index (χ1) is 17.3. The molecule has 5 heterocycles. The number of nitrogens with one attached hydrogen (secondary N) is 1.